The summed E-state index contributed by atoms with van der Waals surface area (Å²) in [5.41, 5.74) is 5.13. The summed E-state index contributed by atoms with van der Waals surface area (Å²) in [6.45, 7) is 8.77. The molecule has 0 aliphatic carbocycles. The van der Waals surface area contributed by atoms with Gasteiger partial charge in [-0.05, 0) is 40.2 Å². The van der Waals surface area contributed by atoms with E-state index in [1.807, 2.05) is 0 Å². The standard InChI is InChI=1S/C14H22N4O2/c1-13(2)7-9(14(3,4)20-13)8-17-12(19)11-16-6-5-10(15)18-11/h5-6,9H,7-8H2,1-4H3,(H,17,19)(H2,15,16,18). The lowest BCUT2D eigenvalue weighted by atomic mass is 9.87. The van der Waals surface area contributed by atoms with Gasteiger partial charge in [0.25, 0.3) is 5.91 Å². The zero-order valence-electron chi connectivity index (χ0n) is 12.4. The van der Waals surface area contributed by atoms with Gasteiger partial charge in [-0.15, -0.1) is 0 Å². The molecule has 0 bridgehead atoms. The maximum atomic E-state index is 12.0. The molecule has 1 saturated heterocycles. The Bertz CT molecular complexity index is 514. The van der Waals surface area contributed by atoms with E-state index in [-0.39, 0.29) is 34.7 Å². The second kappa shape index (κ2) is 5.01. The Morgan fingerprint density at radius 1 is 1.50 bits per heavy atom. The summed E-state index contributed by atoms with van der Waals surface area (Å²) in [5, 5.41) is 2.86. The summed E-state index contributed by atoms with van der Waals surface area (Å²) in [4.78, 5) is 19.8. The van der Waals surface area contributed by atoms with Crippen molar-refractivity contribution in [3.63, 3.8) is 0 Å². The zero-order chi connectivity index (χ0) is 15.0. The molecule has 2 rings (SSSR count). The Morgan fingerprint density at radius 2 is 2.20 bits per heavy atom. The summed E-state index contributed by atoms with van der Waals surface area (Å²) in [6, 6.07) is 1.55. The second-order valence-corrected chi connectivity index (χ2v) is 6.38. The molecule has 1 amide bonds. The number of aromatic nitrogens is 2. The van der Waals surface area contributed by atoms with Crippen molar-refractivity contribution < 1.29 is 9.53 Å². The van der Waals surface area contributed by atoms with Gasteiger partial charge in [0, 0.05) is 18.7 Å². The van der Waals surface area contributed by atoms with Crippen molar-refractivity contribution in [1.82, 2.24) is 15.3 Å². The highest BCUT2D eigenvalue weighted by atomic mass is 16.5. The van der Waals surface area contributed by atoms with Crippen LogP contribution in [0.1, 0.15) is 44.7 Å². The number of carbonyl (C=O) groups is 1. The Labute approximate surface area is 119 Å². The molecule has 1 atom stereocenters. The van der Waals surface area contributed by atoms with Crippen LogP contribution in [0.15, 0.2) is 12.3 Å². The lowest BCUT2D eigenvalue weighted by Crippen LogP contribution is -2.38. The topological polar surface area (TPSA) is 90.1 Å². The van der Waals surface area contributed by atoms with Crippen molar-refractivity contribution in [3.05, 3.63) is 18.1 Å². The second-order valence-electron chi connectivity index (χ2n) is 6.38. The first kappa shape index (κ1) is 14.7. The molecule has 1 fully saturated rings. The molecule has 1 aromatic rings. The number of nitrogens with two attached hydrogens (primary N) is 1. The number of hydrogen-bond acceptors (Lipinski definition) is 5. The van der Waals surface area contributed by atoms with E-state index >= 15 is 0 Å². The van der Waals surface area contributed by atoms with Crippen LogP contribution in [0.3, 0.4) is 0 Å². The number of anilines is 1. The van der Waals surface area contributed by atoms with Gasteiger partial charge < -0.3 is 15.8 Å². The maximum absolute atomic E-state index is 12.0. The molecule has 0 spiro atoms. The van der Waals surface area contributed by atoms with Gasteiger partial charge in [0.15, 0.2) is 0 Å². The lowest BCUT2D eigenvalue weighted by molar-refractivity contribution is -0.0740. The molecule has 6 nitrogen and oxygen atoms in total. The minimum Gasteiger partial charge on any atom is -0.384 e. The van der Waals surface area contributed by atoms with Crippen LogP contribution >= 0.6 is 0 Å². The molecule has 20 heavy (non-hydrogen) atoms. The normalized spacial score (nSPS) is 23.5. The van der Waals surface area contributed by atoms with E-state index in [2.05, 4.69) is 43.0 Å². The highest BCUT2D eigenvalue weighted by molar-refractivity contribution is 5.90. The lowest BCUT2D eigenvalue weighted by Gasteiger charge is -2.27. The molecule has 1 aliphatic heterocycles. The van der Waals surface area contributed by atoms with Crippen LogP contribution in [0.25, 0.3) is 0 Å². The summed E-state index contributed by atoms with van der Waals surface area (Å²) < 4.78 is 6.00. The average molecular weight is 278 g/mol. The van der Waals surface area contributed by atoms with E-state index in [1.165, 1.54) is 6.20 Å². The number of nitrogens with one attached hydrogen (secondary N) is 1. The van der Waals surface area contributed by atoms with E-state index in [0.717, 1.165) is 6.42 Å². The number of rotatable bonds is 3. The quantitative estimate of drug-likeness (QED) is 0.871. The van der Waals surface area contributed by atoms with Gasteiger partial charge in [-0.25, -0.2) is 9.97 Å². The number of nitrogen functional groups attached to an aromatic ring is 1. The van der Waals surface area contributed by atoms with Gasteiger partial charge in [0.05, 0.1) is 11.2 Å². The predicted octanol–water partition coefficient (Wildman–Crippen LogP) is 1.38. The molecule has 6 heteroatoms. The summed E-state index contributed by atoms with van der Waals surface area (Å²) in [5.74, 6) is 0.331. The van der Waals surface area contributed by atoms with Crippen LogP contribution in [0, 0.1) is 5.92 Å². The van der Waals surface area contributed by atoms with Crippen molar-refractivity contribution in [1.29, 1.82) is 0 Å². The first-order valence-corrected chi connectivity index (χ1v) is 6.76. The fraction of sp³-hybridized carbons (Fsp3) is 0.643. The van der Waals surface area contributed by atoms with Crippen LogP contribution in [0.5, 0.6) is 0 Å². The van der Waals surface area contributed by atoms with Gasteiger partial charge in [-0.3, -0.25) is 4.79 Å². The van der Waals surface area contributed by atoms with E-state index in [1.54, 1.807) is 6.07 Å². The number of hydrogen-bond donors (Lipinski definition) is 2. The van der Waals surface area contributed by atoms with Crippen LogP contribution in [-0.2, 0) is 4.74 Å². The first-order valence-electron chi connectivity index (χ1n) is 6.76. The Kier molecular flexibility index (Phi) is 3.69. The van der Waals surface area contributed by atoms with Crippen LogP contribution in [0.4, 0.5) is 5.82 Å². The smallest absolute Gasteiger partial charge is 0.289 e. The molecular formula is C14H22N4O2. The molecule has 1 aliphatic rings. The van der Waals surface area contributed by atoms with Gasteiger partial charge in [-0.1, -0.05) is 0 Å². The zero-order valence-corrected chi connectivity index (χ0v) is 12.4. The number of carbonyl (C=O) groups excluding carboxylic acids is 1. The molecule has 3 N–H and O–H groups in total. The molecule has 0 saturated carbocycles. The Hall–Kier alpha value is -1.69. The minimum absolute atomic E-state index is 0.0981. The number of amides is 1. The summed E-state index contributed by atoms with van der Waals surface area (Å²) in [7, 11) is 0. The highest BCUT2D eigenvalue weighted by Crippen LogP contribution is 2.41. The fourth-order valence-electron chi connectivity index (χ4n) is 2.77. The Balaban J connectivity index is 1.97. The SMILES string of the molecule is CC1(C)CC(CNC(=O)c2nccc(N)n2)C(C)(C)O1. The monoisotopic (exact) mass is 278 g/mol. The maximum Gasteiger partial charge on any atom is 0.289 e. The molecule has 110 valence electrons. The van der Waals surface area contributed by atoms with Crippen molar-refractivity contribution in [2.24, 2.45) is 5.92 Å². The van der Waals surface area contributed by atoms with Gasteiger partial charge in [0.2, 0.25) is 5.82 Å². The van der Waals surface area contributed by atoms with Gasteiger partial charge >= 0.3 is 0 Å². The molecule has 2 heterocycles. The average Bonchev–Trinajstić information content (AvgIpc) is 2.53. The third-order valence-corrected chi connectivity index (χ3v) is 3.65. The van der Waals surface area contributed by atoms with E-state index in [0.29, 0.717) is 6.54 Å². The van der Waals surface area contributed by atoms with E-state index in [9.17, 15) is 4.79 Å². The van der Waals surface area contributed by atoms with Crippen LogP contribution < -0.4 is 11.1 Å². The van der Waals surface area contributed by atoms with Crippen LogP contribution in [-0.4, -0.2) is 33.6 Å². The van der Waals surface area contributed by atoms with Crippen molar-refractivity contribution >= 4 is 11.7 Å². The van der Waals surface area contributed by atoms with Crippen molar-refractivity contribution in [2.75, 3.05) is 12.3 Å². The van der Waals surface area contributed by atoms with Crippen LogP contribution in [0.2, 0.25) is 0 Å². The number of nitrogens with zero attached hydrogens (tertiary/aromatic N) is 2. The predicted molar refractivity (Wildman–Crippen MR) is 76.1 cm³/mol. The largest absolute Gasteiger partial charge is 0.384 e. The third kappa shape index (κ3) is 3.25. The molecular weight excluding hydrogens is 256 g/mol. The fourth-order valence-corrected chi connectivity index (χ4v) is 2.77. The summed E-state index contributed by atoms with van der Waals surface area (Å²) >= 11 is 0. The number of ether oxygens (including phenoxy) is 1. The molecule has 0 radical (unpaired) electrons. The molecule has 0 aromatic carbocycles. The third-order valence-electron chi connectivity index (χ3n) is 3.65. The summed E-state index contributed by atoms with van der Waals surface area (Å²) in [6.07, 6.45) is 2.38. The van der Waals surface area contributed by atoms with E-state index in [4.69, 9.17) is 10.5 Å². The van der Waals surface area contributed by atoms with Crippen molar-refractivity contribution in [2.45, 2.75) is 45.3 Å². The highest BCUT2D eigenvalue weighted by Gasteiger charge is 2.45. The Morgan fingerprint density at radius 3 is 2.75 bits per heavy atom. The first-order chi connectivity index (χ1) is 9.20. The van der Waals surface area contributed by atoms with E-state index < -0.39 is 0 Å². The molecule has 1 aromatic heterocycles. The molecule has 1 unspecified atom stereocenters. The van der Waals surface area contributed by atoms with Gasteiger partial charge in [0.1, 0.15) is 5.82 Å². The minimum atomic E-state index is -0.308. The van der Waals surface area contributed by atoms with Crippen molar-refractivity contribution in [3.8, 4) is 0 Å². The van der Waals surface area contributed by atoms with Gasteiger partial charge in [-0.2, -0.15) is 0 Å².